The van der Waals surface area contributed by atoms with E-state index in [0.29, 0.717) is 18.2 Å². The molecule has 21 heavy (non-hydrogen) atoms. The summed E-state index contributed by atoms with van der Waals surface area (Å²) in [6.07, 6.45) is 2.74. The molecule has 0 aliphatic heterocycles. The van der Waals surface area contributed by atoms with Crippen molar-refractivity contribution in [2.75, 3.05) is 20.3 Å². The summed E-state index contributed by atoms with van der Waals surface area (Å²) in [5.41, 5.74) is 2.38. The maximum atomic E-state index is 6.41. The standard InChI is InChI=1S/C15H22ClN3OS/c1-4-11-6-9-21-15(11)13(17-5-2)14-12(16)10-18-19(14)7-8-20-3/h6,9-10,13,17H,4-5,7-8H2,1-3H3. The van der Waals surface area contributed by atoms with Gasteiger partial charge in [-0.05, 0) is 30.0 Å². The van der Waals surface area contributed by atoms with Crippen molar-refractivity contribution in [1.82, 2.24) is 15.1 Å². The Kier molecular flexibility index (Phi) is 6.23. The Labute approximate surface area is 135 Å². The van der Waals surface area contributed by atoms with E-state index in [1.165, 1.54) is 10.4 Å². The molecular weight excluding hydrogens is 306 g/mol. The number of hydrogen-bond donors (Lipinski definition) is 1. The summed E-state index contributed by atoms with van der Waals surface area (Å²) in [6.45, 7) is 6.48. The summed E-state index contributed by atoms with van der Waals surface area (Å²) in [6, 6.07) is 2.27. The van der Waals surface area contributed by atoms with Gasteiger partial charge < -0.3 is 10.1 Å². The number of thiophene rings is 1. The van der Waals surface area contributed by atoms with E-state index >= 15 is 0 Å². The van der Waals surface area contributed by atoms with Crippen LogP contribution < -0.4 is 5.32 Å². The van der Waals surface area contributed by atoms with Gasteiger partial charge in [-0.2, -0.15) is 5.10 Å². The molecule has 2 aromatic rings. The molecule has 0 spiro atoms. The molecule has 0 fully saturated rings. The molecule has 0 bridgehead atoms. The fourth-order valence-corrected chi connectivity index (χ4v) is 3.75. The van der Waals surface area contributed by atoms with Crippen LogP contribution in [0.15, 0.2) is 17.6 Å². The molecule has 116 valence electrons. The molecule has 2 rings (SSSR count). The van der Waals surface area contributed by atoms with Crippen molar-refractivity contribution in [1.29, 1.82) is 0 Å². The van der Waals surface area contributed by atoms with Gasteiger partial charge in [-0.25, -0.2) is 0 Å². The Balaban J connectivity index is 2.40. The number of aromatic nitrogens is 2. The largest absolute Gasteiger partial charge is 0.383 e. The third kappa shape index (κ3) is 3.66. The fraction of sp³-hybridized carbons (Fsp3) is 0.533. The minimum absolute atomic E-state index is 0.0804. The predicted octanol–water partition coefficient (Wildman–Crippen LogP) is 3.51. The zero-order chi connectivity index (χ0) is 15.2. The highest BCUT2D eigenvalue weighted by molar-refractivity contribution is 7.10. The van der Waals surface area contributed by atoms with E-state index in [0.717, 1.165) is 18.7 Å². The molecule has 0 aliphatic carbocycles. The van der Waals surface area contributed by atoms with Gasteiger partial charge in [0.1, 0.15) is 0 Å². The maximum absolute atomic E-state index is 6.41. The lowest BCUT2D eigenvalue weighted by Crippen LogP contribution is -2.26. The van der Waals surface area contributed by atoms with E-state index in [-0.39, 0.29) is 6.04 Å². The summed E-state index contributed by atoms with van der Waals surface area (Å²) >= 11 is 8.18. The van der Waals surface area contributed by atoms with Crippen LogP contribution in [0.3, 0.4) is 0 Å². The molecule has 4 nitrogen and oxygen atoms in total. The smallest absolute Gasteiger partial charge is 0.0859 e. The molecule has 0 aromatic carbocycles. The van der Waals surface area contributed by atoms with Crippen LogP contribution in [0.25, 0.3) is 0 Å². The number of ether oxygens (including phenoxy) is 1. The van der Waals surface area contributed by atoms with Gasteiger partial charge in [0.15, 0.2) is 0 Å². The van der Waals surface area contributed by atoms with E-state index < -0.39 is 0 Å². The van der Waals surface area contributed by atoms with Gasteiger partial charge in [0.05, 0.1) is 36.1 Å². The second kappa shape index (κ2) is 7.94. The fourth-order valence-electron chi connectivity index (χ4n) is 2.43. The average Bonchev–Trinajstić information content (AvgIpc) is 3.09. The zero-order valence-corrected chi connectivity index (χ0v) is 14.3. The Bertz CT molecular complexity index is 567. The number of aryl methyl sites for hydroxylation is 1. The summed E-state index contributed by atoms with van der Waals surface area (Å²) < 4.78 is 7.11. The monoisotopic (exact) mass is 327 g/mol. The van der Waals surface area contributed by atoms with E-state index in [9.17, 15) is 0 Å². The van der Waals surface area contributed by atoms with Crippen LogP contribution in [0.2, 0.25) is 5.02 Å². The molecule has 2 heterocycles. The summed E-state index contributed by atoms with van der Waals surface area (Å²) in [5, 5.41) is 10.8. The van der Waals surface area contributed by atoms with Crippen molar-refractivity contribution >= 4 is 22.9 Å². The molecule has 0 saturated heterocycles. The first kappa shape index (κ1) is 16.5. The highest BCUT2D eigenvalue weighted by Gasteiger charge is 2.24. The van der Waals surface area contributed by atoms with Crippen LogP contribution in [0.1, 0.15) is 36.0 Å². The topological polar surface area (TPSA) is 39.1 Å². The molecule has 0 aliphatic rings. The SMILES string of the molecule is CCNC(c1sccc1CC)c1c(Cl)cnn1CCOC. The van der Waals surface area contributed by atoms with Crippen molar-refractivity contribution in [3.8, 4) is 0 Å². The maximum Gasteiger partial charge on any atom is 0.0859 e. The number of methoxy groups -OCH3 is 1. The second-order valence-electron chi connectivity index (χ2n) is 4.75. The quantitative estimate of drug-likeness (QED) is 0.806. The van der Waals surface area contributed by atoms with Gasteiger partial charge in [0.25, 0.3) is 0 Å². The summed E-state index contributed by atoms with van der Waals surface area (Å²) in [7, 11) is 1.70. The molecule has 1 atom stereocenters. The van der Waals surface area contributed by atoms with Crippen LogP contribution in [0.5, 0.6) is 0 Å². The first-order valence-corrected chi connectivity index (χ1v) is 8.48. The van der Waals surface area contributed by atoms with Crippen molar-refractivity contribution in [2.45, 2.75) is 32.9 Å². The molecule has 0 saturated carbocycles. The van der Waals surface area contributed by atoms with Crippen molar-refractivity contribution < 1.29 is 4.74 Å². The van der Waals surface area contributed by atoms with E-state index in [2.05, 4.69) is 35.7 Å². The average molecular weight is 328 g/mol. The lowest BCUT2D eigenvalue weighted by Gasteiger charge is -2.20. The van der Waals surface area contributed by atoms with Crippen LogP contribution in [-0.2, 0) is 17.7 Å². The van der Waals surface area contributed by atoms with Gasteiger partial charge in [-0.15, -0.1) is 11.3 Å². The lowest BCUT2D eigenvalue weighted by molar-refractivity contribution is 0.182. The minimum atomic E-state index is 0.0804. The third-order valence-electron chi connectivity index (χ3n) is 3.45. The van der Waals surface area contributed by atoms with Crippen LogP contribution in [0, 0.1) is 0 Å². The number of halogens is 1. The highest BCUT2D eigenvalue weighted by Crippen LogP contribution is 2.33. The van der Waals surface area contributed by atoms with Gasteiger partial charge in [-0.1, -0.05) is 25.4 Å². The molecule has 0 radical (unpaired) electrons. The Morgan fingerprint density at radius 1 is 1.48 bits per heavy atom. The lowest BCUT2D eigenvalue weighted by atomic mass is 10.1. The van der Waals surface area contributed by atoms with Crippen molar-refractivity contribution in [3.63, 3.8) is 0 Å². The van der Waals surface area contributed by atoms with Gasteiger partial charge in [0.2, 0.25) is 0 Å². The van der Waals surface area contributed by atoms with Crippen LogP contribution >= 0.6 is 22.9 Å². The molecular formula is C15H22ClN3OS. The predicted molar refractivity (Wildman–Crippen MR) is 88.3 cm³/mol. The van der Waals surface area contributed by atoms with Crippen LogP contribution in [0.4, 0.5) is 0 Å². The van der Waals surface area contributed by atoms with Gasteiger partial charge in [0, 0.05) is 12.0 Å². The van der Waals surface area contributed by atoms with Crippen molar-refractivity contribution in [3.05, 3.63) is 38.8 Å². The Morgan fingerprint density at radius 2 is 2.29 bits per heavy atom. The Morgan fingerprint density at radius 3 is 2.95 bits per heavy atom. The Hall–Kier alpha value is -0.880. The van der Waals surface area contributed by atoms with E-state index in [4.69, 9.17) is 16.3 Å². The number of rotatable bonds is 8. The summed E-state index contributed by atoms with van der Waals surface area (Å²) in [5.74, 6) is 0. The van der Waals surface area contributed by atoms with E-state index in [1.807, 2.05) is 4.68 Å². The molecule has 2 aromatic heterocycles. The van der Waals surface area contributed by atoms with Gasteiger partial charge >= 0.3 is 0 Å². The second-order valence-corrected chi connectivity index (χ2v) is 6.10. The minimum Gasteiger partial charge on any atom is -0.383 e. The first-order valence-electron chi connectivity index (χ1n) is 7.22. The normalized spacial score (nSPS) is 12.8. The number of nitrogens with zero attached hydrogens (tertiary/aromatic N) is 2. The van der Waals surface area contributed by atoms with Crippen molar-refractivity contribution in [2.24, 2.45) is 0 Å². The van der Waals surface area contributed by atoms with E-state index in [1.54, 1.807) is 24.6 Å². The first-order chi connectivity index (χ1) is 10.2. The number of hydrogen-bond acceptors (Lipinski definition) is 4. The zero-order valence-electron chi connectivity index (χ0n) is 12.7. The third-order valence-corrected chi connectivity index (χ3v) is 4.76. The number of nitrogens with one attached hydrogen (secondary N) is 1. The molecule has 6 heteroatoms. The molecule has 0 amide bonds. The summed E-state index contributed by atoms with van der Waals surface area (Å²) in [4.78, 5) is 1.32. The van der Waals surface area contributed by atoms with Gasteiger partial charge in [-0.3, -0.25) is 4.68 Å². The van der Waals surface area contributed by atoms with Crippen LogP contribution in [-0.4, -0.2) is 30.0 Å². The molecule has 1 N–H and O–H groups in total. The molecule has 1 unspecified atom stereocenters. The highest BCUT2D eigenvalue weighted by atomic mass is 35.5.